The average molecular weight is 231 g/mol. The van der Waals surface area contributed by atoms with E-state index >= 15 is 0 Å². The van der Waals surface area contributed by atoms with E-state index in [0.717, 1.165) is 25.0 Å². The molecule has 1 aromatic heterocycles. The molecule has 4 nitrogen and oxygen atoms in total. The molecule has 0 saturated carbocycles. The van der Waals surface area contributed by atoms with Gasteiger partial charge in [-0.3, -0.25) is 0 Å². The van der Waals surface area contributed by atoms with Crippen molar-refractivity contribution in [2.45, 2.75) is 38.6 Å². The molecule has 0 spiro atoms. The topological polar surface area (TPSA) is 68.9 Å². The first-order valence-corrected chi connectivity index (χ1v) is 5.88. The summed E-state index contributed by atoms with van der Waals surface area (Å²) in [5.41, 5.74) is 2.37. The predicted molar refractivity (Wildman–Crippen MR) is 65.8 cm³/mol. The summed E-state index contributed by atoms with van der Waals surface area (Å²) in [6.45, 7) is 3.75. The lowest BCUT2D eigenvalue weighted by Crippen LogP contribution is -2.35. The van der Waals surface area contributed by atoms with Gasteiger partial charge in [-0.2, -0.15) is 5.26 Å². The van der Waals surface area contributed by atoms with Gasteiger partial charge in [0.1, 0.15) is 11.9 Å². The first-order valence-electron chi connectivity index (χ1n) is 5.88. The number of fused-ring (bicyclic) bond motifs is 1. The maximum absolute atomic E-state index is 9.24. The van der Waals surface area contributed by atoms with Crippen LogP contribution in [0.3, 0.4) is 0 Å². The van der Waals surface area contributed by atoms with Crippen LogP contribution in [0.1, 0.15) is 37.1 Å². The first-order chi connectivity index (χ1) is 8.05. The SMILES string of the molecule is CC(C)(CO)Nc1nc2c(cc1C#N)CCC2. The van der Waals surface area contributed by atoms with Gasteiger partial charge in [0.2, 0.25) is 0 Å². The van der Waals surface area contributed by atoms with Crippen molar-refractivity contribution in [3.8, 4) is 6.07 Å². The molecule has 0 saturated heterocycles. The molecule has 2 rings (SSSR count). The summed E-state index contributed by atoms with van der Waals surface area (Å²) in [6.07, 6.45) is 3.11. The molecule has 0 unspecified atom stereocenters. The van der Waals surface area contributed by atoms with E-state index in [2.05, 4.69) is 16.4 Å². The molecule has 1 aliphatic carbocycles. The Labute approximate surface area is 101 Å². The van der Waals surface area contributed by atoms with Crippen LogP contribution in [-0.2, 0) is 12.8 Å². The number of hydrogen-bond acceptors (Lipinski definition) is 4. The van der Waals surface area contributed by atoms with Crippen LogP contribution in [0, 0.1) is 11.3 Å². The number of nitriles is 1. The fraction of sp³-hybridized carbons (Fsp3) is 0.538. The Bertz CT molecular complexity index is 474. The Morgan fingerprint density at radius 2 is 2.29 bits per heavy atom. The fourth-order valence-electron chi connectivity index (χ4n) is 2.01. The van der Waals surface area contributed by atoms with Gasteiger partial charge in [0, 0.05) is 5.69 Å². The van der Waals surface area contributed by atoms with Crippen LogP contribution in [-0.4, -0.2) is 22.2 Å². The molecule has 0 atom stereocenters. The Balaban J connectivity index is 2.37. The van der Waals surface area contributed by atoms with E-state index in [1.54, 1.807) is 0 Å². The van der Waals surface area contributed by atoms with E-state index in [9.17, 15) is 5.11 Å². The largest absolute Gasteiger partial charge is 0.394 e. The van der Waals surface area contributed by atoms with Crippen LogP contribution in [0.25, 0.3) is 0 Å². The number of anilines is 1. The molecule has 0 aromatic carbocycles. The van der Waals surface area contributed by atoms with Gasteiger partial charge in [-0.25, -0.2) is 4.98 Å². The number of aliphatic hydroxyl groups is 1. The normalized spacial score (nSPS) is 14.2. The first kappa shape index (κ1) is 11.9. The minimum Gasteiger partial charge on any atom is -0.394 e. The summed E-state index contributed by atoms with van der Waals surface area (Å²) >= 11 is 0. The zero-order valence-corrected chi connectivity index (χ0v) is 10.2. The molecule has 1 aliphatic rings. The molecule has 90 valence electrons. The molecule has 17 heavy (non-hydrogen) atoms. The molecular formula is C13H17N3O. The second-order valence-electron chi connectivity index (χ2n) is 5.12. The summed E-state index contributed by atoms with van der Waals surface area (Å²) in [5, 5.41) is 21.5. The summed E-state index contributed by atoms with van der Waals surface area (Å²) in [7, 11) is 0. The lowest BCUT2D eigenvalue weighted by Gasteiger charge is -2.25. The Kier molecular flexibility index (Phi) is 3.03. The van der Waals surface area contributed by atoms with E-state index in [1.165, 1.54) is 5.56 Å². The highest BCUT2D eigenvalue weighted by Gasteiger charge is 2.21. The molecule has 0 amide bonds. The van der Waals surface area contributed by atoms with Gasteiger partial charge in [-0.1, -0.05) is 0 Å². The van der Waals surface area contributed by atoms with Gasteiger partial charge in [0.15, 0.2) is 0 Å². The number of hydrogen-bond donors (Lipinski definition) is 2. The molecular weight excluding hydrogens is 214 g/mol. The van der Waals surface area contributed by atoms with E-state index in [-0.39, 0.29) is 6.61 Å². The van der Waals surface area contributed by atoms with Crippen molar-refractivity contribution < 1.29 is 5.11 Å². The highest BCUT2D eigenvalue weighted by Crippen LogP contribution is 2.26. The highest BCUT2D eigenvalue weighted by atomic mass is 16.3. The van der Waals surface area contributed by atoms with Crippen LogP contribution in [0.4, 0.5) is 5.82 Å². The van der Waals surface area contributed by atoms with Crippen molar-refractivity contribution in [3.05, 3.63) is 22.9 Å². The molecule has 0 aliphatic heterocycles. The van der Waals surface area contributed by atoms with Crippen molar-refractivity contribution >= 4 is 5.82 Å². The summed E-state index contributed by atoms with van der Waals surface area (Å²) in [6, 6.07) is 4.09. The van der Waals surface area contributed by atoms with E-state index in [4.69, 9.17) is 5.26 Å². The van der Waals surface area contributed by atoms with Crippen LogP contribution < -0.4 is 5.32 Å². The zero-order valence-electron chi connectivity index (χ0n) is 10.2. The van der Waals surface area contributed by atoms with Gasteiger partial charge in [-0.15, -0.1) is 0 Å². The fourth-order valence-corrected chi connectivity index (χ4v) is 2.01. The zero-order chi connectivity index (χ0) is 12.5. The number of pyridine rings is 1. The molecule has 0 fully saturated rings. The van der Waals surface area contributed by atoms with E-state index in [0.29, 0.717) is 11.4 Å². The van der Waals surface area contributed by atoms with Crippen molar-refractivity contribution in [2.75, 3.05) is 11.9 Å². The third-order valence-electron chi connectivity index (χ3n) is 3.02. The second-order valence-corrected chi connectivity index (χ2v) is 5.12. The monoisotopic (exact) mass is 231 g/mol. The van der Waals surface area contributed by atoms with Gasteiger partial charge < -0.3 is 10.4 Å². The molecule has 4 heteroatoms. The van der Waals surface area contributed by atoms with Crippen molar-refractivity contribution in [3.63, 3.8) is 0 Å². The van der Waals surface area contributed by atoms with Crippen molar-refractivity contribution in [1.82, 2.24) is 4.98 Å². The van der Waals surface area contributed by atoms with Crippen LogP contribution in [0.15, 0.2) is 6.07 Å². The molecule has 1 aromatic rings. The number of nitrogens with one attached hydrogen (secondary N) is 1. The number of aliphatic hydroxyl groups excluding tert-OH is 1. The average Bonchev–Trinajstić information content (AvgIpc) is 2.74. The summed E-state index contributed by atoms with van der Waals surface area (Å²) in [5.74, 6) is 0.590. The number of nitrogens with zero attached hydrogens (tertiary/aromatic N) is 2. The smallest absolute Gasteiger partial charge is 0.144 e. The van der Waals surface area contributed by atoms with Crippen LogP contribution in [0.5, 0.6) is 0 Å². The minimum atomic E-state index is -0.467. The third-order valence-corrected chi connectivity index (χ3v) is 3.02. The standard InChI is InChI=1S/C13H17N3O/c1-13(2,8-17)16-12-10(7-14)6-9-4-3-5-11(9)15-12/h6,17H,3-5,8H2,1-2H3,(H,15,16). The van der Waals surface area contributed by atoms with Gasteiger partial charge in [-0.05, 0) is 44.7 Å². The van der Waals surface area contributed by atoms with Crippen LogP contribution in [0.2, 0.25) is 0 Å². The maximum atomic E-state index is 9.24. The number of aryl methyl sites for hydroxylation is 2. The number of aromatic nitrogens is 1. The van der Waals surface area contributed by atoms with Gasteiger partial charge in [0.05, 0.1) is 17.7 Å². The van der Waals surface area contributed by atoms with Gasteiger partial charge >= 0.3 is 0 Å². The van der Waals surface area contributed by atoms with Crippen LogP contribution >= 0.6 is 0 Å². The number of rotatable bonds is 3. The quantitative estimate of drug-likeness (QED) is 0.829. The highest BCUT2D eigenvalue weighted by molar-refractivity contribution is 5.56. The van der Waals surface area contributed by atoms with E-state index < -0.39 is 5.54 Å². The second kappa shape index (κ2) is 4.34. The minimum absolute atomic E-state index is 0.00334. The van der Waals surface area contributed by atoms with Crippen molar-refractivity contribution in [1.29, 1.82) is 5.26 Å². The van der Waals surface area contributed by atoms with E-state index in [1.807, 2.05) is 19.9 Å². The lowest BCUT2D eigenvalue weighted by atomic mass is 10.1. The molecule has 0 radical (unpaired) electrons. The Morgan fingerprint density at radius 3 is 2.94 bits per heavy atom. The van der Waals surface area contributed by atoms with Gasteiger partial charge in [0.25, 0.3) is 0 Å². The Hall–Kier alpha value is -1.60. The lowest BCUT2D eigenvalue weighted by molar-refractivity contribution is 0.234. The summed E-state index contributed by atoms with van der Waals surface area (Å²) < 4.78 is 0. The Morgan fingerprint density at radius 1 is 1.53 bits per heavy atom. The summed E-state index contributed by atoms with van der Waals surface area (Å²) in [4.78, 5) is 4.51. The predicted octanol–water partition coefficient (Wildman–Crippen LogP) is 1.62. The molecule has 2 N–H and O–H groups in total. The molecule has 0 bridgehead atoms. The third kappa shape index (κ3) is 2.40. The maximum Gasteiger partial charge on any atom is 0.144 e. The molecule has 1 heterocycles. The van der Waals surface area contributed by atoms with Crippen molar-refractivity contribution in [2.24, 2.45) is 0 Å².